The van der Waals surface area contributed by atoms with Gasteiger partial charge < -0.3 is 5.32 Å². The van der Waals surface area contributed by atoms with E-state index >= 15 is 0 Å². The number of hydrogen-bond acceptors (Lipinski definition) is 1. The molecule has 0 spiro atoms. The van der Waals surface area contributed by atoms with Crippen LogP contribution in [0.1, 0.15) is 57.8 Å². The highest BCUT2D eigenvalue weighted by molar-refractivity contribution is 5.85. The van der Waals surface area contributed by atoms with Crippen LogP contribution in [0.3, 0.4) is 0 Å². The number of rotatable bonds is 3. The molecule has 0 radical (unpaired) electrons. The molecule has 0 aromatic heterocycles. The summed E-state index contributed by atoms with van der Waals surface area (Å²) in [6.07, 6.45) is 13.5. The fourth-order valence-electron chi connectivity index (χ4n) is 3.12. The lowest BCUT2D eigenvalue weighted by molar-refractivity contribution is 0.279. The largest absolute Gasteiger partial charge is 0.317 e. The fraction of sp³-hybridized carbons (Fsp3) is 1.00. The molecule has 0 aromatic carbocycles. The predicted molar refractivity (Wildman–Crippen MR) is 68.7 cm³/mol. The van der Waals surface area contributed by atoms with Gasteiger partial charge in [-0.15, -0.1) is 12.4 Å². The Balaban J connectivity index is 0.00000112. The van der Waals surface area contributed by atoms with Crippen molar-refractivity contribution < 1.29 is 0 Å². The Kier molecular flexibility index (Phi) is 6.67. The van der Waals surface area contributed by atoms with Gasteiger partial charge in [0.15, 0.2) is 0 Å². The van der Waals surface area contributed by atoms with Gasteiger partial charge in [0.2, 0.25) is 0 Å². The third-order valence-corrected chi connectivity index (χ3v) is 4.17. The Morgan fingerprint density at radius 1 is 0.733 bits per heavy atom. The molecule has 0 unspecified atom stereocenters. The summed E-state index contributed by atoms with van der Waals surface area (Å²) in [5, 5.41) is 3.45. The number of hydrogen-bond donors (Lipinski definition) is 1. The van der Waals surface area contributed by atoms with Crippen LogP contribution in [0, 0.1) is 11.8 Å². The third-order valence-electron chi connectivity index (χ3n) is 4.17. The average molecular weight is 232 g/mol. The molecule has 0 aromatic rings. The Hall–Kier alpha value is 0.250. The van der Waals surface area contributed by atoms with Gasteiger partial charge >= 0.3 is 0 Å². The van der Waals surface area contributed by atoms with Crippen molar-refractivity contribution in [1.29, 1.82) is 0 Å². The third kappa shape index (κ3) is 4.74. The van der Waals surface area contributed by atoms with Gasteiger partial charge in [-0.2, -0.15) is 0 Å². The highest BCUT2D eigenvalue weighted by Gasteiger charge is 2.17. The lowest BCUT2D eigenvalue weighted by atomic mass is 9.82. The number of piperidine rings is 1. The maximum absolute atomic E-state index is 3.45. The van der Waals surface area contributed by atoms with E-state index in [9.17, 15) is 0 Å². The number of halogens is 1. The van der Waals surface area contributed by atoms with Gasteiger partial charge in [-0.3, -0.25) is 0 Å². The number of nitrogens with one attached hydrogen (secondary N) is 1. The first-order valence-corrected chi connectivity index (χ1v) is 6.66. The van der Waals surface area contributed by atoms with E-state index in [2.05, 4.69) is 5.32 Å². The molecule has 1 saturated carbocycles. The molecule has 1 aliphatic carbocycles. The van der Waals surface area contributed by atoms with Crippen molar-refractivity contribution in [2.75, 3.05) is 13.1 Å². The van der Waals surface area contributed by atoms with E-state index in [1.807, 2.05) is 0 Å². The van der Waals surface area contributed by atoms with E-state index in [1.165, 1.54) is 70.9 Å². The summed E-state index contributed by atoms with van der Waals surface area (Å²) in [5.41, 5.74) is 0. The SMILES string of the molecule is C1CCC(CCC2CCNCC2)CC1.Cl. The van der Waals surface area contributed by atoms with Crippen molar-refractivity contribution in [3.05, 3.63) is 0 Å². The maximum Gasteiger partial charge on any atom is -0.00463 e. The zero-order chi connectivity index (χ0) is 9.64. The zero-order valence-electron chi connectivity index (χ0n) is 9.84. The monoisotopic (exact) mass is 231 g/mol. The second-order valence-electron chi connectivity index (χ2n) is 5.27. The van der Waals surface area contributed by atoms with Gasteiger partial charge in [-0.05, 0) is 37.8 Å². The van der Waals surface area contributed by atoms with Crippen molar-refractivity contribution in [3.63, 3.8) is 0 Å². The summed E-state index contributed by atoms with van der Waals surface area (Å²) in [7, 11) is 0. The van der Waals surface area contributed by atoms with Crippen LogP contribution in [0.25, 0.3) is 0 Å². The molecule has 2 fully saturated rings. The van der Waals surface area contributed by atoms with Crippen LogP contribution in [0.2, 0.25) is 0 Å². The Bertz CT molecular complexity index is 131. The molecule has 0 amide bonds. The minimum Gasteiger partial charge on any atom is -0.317 e. The molecule has 1 N–H and O–H groups in total. The molecule has 1 saturated heterocycles. The first kappa shape index (κ1) is 13.3. The van der Waals surface area contributed by atoms with Gasteiger partial charge in [0.05, 0.1) is 0 Å². The van der Waals surface area contributed by atoms with Crippen LogP contribution in [-0.4, -0.2) is 13.1 Å². The summed E-state index contributed by atoms with van der Waals surface area (Å²) in [5.74, 6) is 2.15. The van der Waals surface area contributed by atoms with E-state index in [-0.39, 0.29) is 12.4 Å². The lowest BCUT2D eigenvalue weighted by Gasteiger charge is -2.26. The molecule has 1 aliphatic heterocycles. The van der Waals surface area contributed by atoms with E-state index in [0.717, 1.165) is 11.8 Å². The Labute approximate surface area is 101 Å². The molecule has 1 nitrogen and oxygen atoms in total. The van der Waals surface area contributed by atoms with Crippen LogP contribution in [-0.2, 0) is 0 Å². The van der Waals surface area contributed by atoms with Gasteiger partial charge in [-0.1, -0.05) is 44.9 Å². The van der Waals surface area contributed by atoms with Crippen molar-refractivity contribution in [2.24, 2.45) is 11.8 Å². The molecule has 90 valence electrons. The van der Waals surface area contributed by atoms with E-state index in [1.54, 1.807) is 0 Å². The van der Waals surface area contributed by atoms with Crippen LogP contribution >= 0.6 is 12.4 Å². The Morgan fingerprint density at radius 2 is 1.27 bits per heavy atom. The summed E-state index contributed by atoms with van der Waals surface area (Å²) >= 11 is 0. The van der Waals surface area contributed by atoms with E-state index < -0.39 is 0 Å². The highest BCUT2D eigenvalue weighted by atomic mass is 35.5. The van der Waals surface area contributed by atoms with Gasteiger partial charge in [0.1, 0.15) is 0 Å². The van der Waals surface area contributed by atoms with Crippen molar-refractivity contribution in [1.82, 2.24) is 5.32 Å². The predicted octanol–water partition coefficient (Wildman–Crippen LogP) is 3.77. The smallest absolute Gasteiger partial charge is 0.00463 e. The second kappa shape index (κ2) is 7.51. The van der Waals surface area contributed by atoms with Crippen LogP contribution in [0.4, 0.5) is 0 Å². The van der Waals surface area contributed by atoms with Gasteiger partial charge in [-0.25, -0.2) is 0 Å². The van der Waals surface area contributed by atoms with Crippen LogP contribution in [0.5, 0.6) is 0 Å². The minimum absolute atomic E-state index is 0. The van der Waals surface area contributed by atoms with Gasteiger partial charge in [0, 0.05) is 0 Å². The molecular weight excluding hydrogens is 206 g/mol. The van der Waals surface area contributed by atoms with Gasteiger partial charge in [0.25, 0.3) is 0 Å². The van der Waals surface area contributed by atoms with Crippen molar-refractivity contribution in [2.45, 2.75) is 57.8 Å². The quantitative estimate of drug-likeness (QED) is 0.780. The summed E-state index contributed by atoms with van der Waals surface area (Å²) in [6.45, 7) is 2.55. The van der Waals surface area contributed by atoms with Crippen molar-refractivity contribution >= 4 is 12.4 Å². The maximum atomic E-state index is 3.45. The first-order valence-electron chi connectivity index (χ1n) is 6.66. The molecule has 2 rings (SSSR count). The first-order chi connectivity index (χ1) is 6.95. The molecule has 2 heteroatoms. The summed E-state index contributed by atoms with van der Waals surface area (Å²) < 4.78 is 0. The lowest BCUT2D eigenvalue weighted by Crippen LogP contribution is -2.28. The van der Waals surface area contributed by atoms with E-state index in [4.69, 9.17) is 0 Å². The van der Waals surface area contributed by atoms with E-state index in [0.29, 0.717) is 0 Å². The summed E-state index contributed by atoms with van der Waals surface area (Å²) in [6, 6.07) is 0. The summed E-state index contributed by atoms with van der Waals surface area (Å²) in [4.78, 5) is 0. The average Bonchev–Trinajstić information content (AvgIpc) is 2.29. The van der Waals surface area contributed by atoms with Crippen LogP contribution < -0.4 is 5.32 Å². The second-order valence-corrected chi connectivity index (χ2v) is 5.27. The minimum atomic E-state index is 0. The molecule has 2 aliphatic rings. The Morgan fingerprint density at radius 3 is 1.87 bits per heavy atom. The normalized spacial score (nSPS) is 24.8. The topological polar surface area (TPSA) is 12.0 Å². The molecule has 0 bridgehead atoms. The standard InChI is InChI=1S/C13H25N.ClH/c1-2-4-12(5-3-1)6-7-13-8-10-14-11-9-13;/h12-14H,1-11H2;1H. The molecule has 0 atom stereocenters. The van der Waals surface area contributed by atoms with Crippen molar-refractivity contribution in [3.8, 4) is 0 Å². The molecule has 1 heterocycles. The zero-order valence-corrected chi connectivity index (χ0v) is 10.7. The molecule has 15 heavy (non-hydrogen) atoms. The fourth-order valence-corrected chi connectivity index (χ4v) is 3.12. The molecular formula is C13H26ClN. The van der Waals surface area contributed by atoms with Crippen LogP contribution in [0.15, 0.2) is 0 Å². The highest BCUT2D eigenvalue weighted by Crippen LogP contribution is 2.30.